The Labute approximate surface area is 134 Å². The van der Waals surface area contributed by atoms with E-state index in [1.807, 2.05) is 60.7 Å². The fraction of sp³-hybridized carbons (Fsp3) is 0.0500. The topological polar surface area (TPSA) is 26.3 Å². The Morgan fingerprint density at radius 3 is 1.70 bits per heavy atom. The molecule has 0 fully saturated rings. The number of carbonyl (C=O) groups is 1. The predicted molar refractivity (Wildman–Crippen MR) is 86.8 cm³/mol. The minimum atomic E-state index is -0.526. The number of hydrogen-bond donors (Lipinski definition) is 0. The second-order valence-corrected chi connectivity index (χ2v) is 5.13. The van der Waals surface area contributed by atoms with Crippen LogP contribution in [0.1, 0.15) is 17.0 Å². The molecule has 0 bridgehead atoms. The van der Waals surface area contributed by atoms with Gasteiger partial charge in [0, 0.05) is 0 Å². The van der Waals surface area contributed by atoms with Crippen LogP contribution in [0.25, 0.3) is 0 Å². The monoisotopic (exact) mass is 306 g/mol. The molecule has 0 aromatic heterocycles. The van der Waals surface area contributed by atoms with E-state index in [1.165, 1.54) is 24.3 Å². The number of esters is 1. The van der Waals surface area contributed by atoms with Crippen LogP contribution < -0.4 is 4.74 Å². The third kappa shape index (κ3) is 3.64. The van der Waals surface area contributed by atoms with Gasteiger partial charge in [-0.25, -0.2) is 4.39 Å². The third-order valence-electron chi connectivity index (χ3n) is 3.53. The van der Waals surface area contributed by atoms with E-state index in [0.717, 1.165) is 11.1 Å². The van der Waals surface area contributed by atoms with Gasteiger partial charge in [-0.1, -0.05) is 60.7 Å². The highest BCUT2D eigenvalue weighted by molar-refractivity contribution is 5.84. The smallest absolute Gasteiger partial charge is 0.323 e. The van der Waals surface area contributed by atoms with E-state index in [4.69, 9.17) is 4.74 Å². The average molecular weight is 306 g/mol. The van der Waals surface area contributed by atoms with Crippen LogP contribution in [0.4, 0.5) is 4.39 Å². The Hall–Kier alpha value is -2.94. The Morgan fingerprint density at radius 1 is 0.739 bits per heavy atom. The molecule has 23 heavy (non-hydrogen) atoms. The number of carbonyl (C=O) groups excluding carboxylic acids is 1. The van der Waals surface area contributed by atoms with Gasteiger partial charge < -0.3 is 4.74 Å². The molecule has 114 valence electrons. The van der Waals surface area contributed by atoms with Gasteiger partial charge in [0.15, 0.2) is 0 Å². The zero-order valence-corrected chi connectivity index (χ0v) is 12.4. The van der Waals surface area contributed by atoms with Crippen LogP contribution in [-0.2, 0) is 4.79 Å². The van der Waals surface area contributed by atoms with Crippen LogP contribution in [-0.4, -0.2) is 5.97 Å². The summed E-state index contributed by atoms with van der Waals surface area (Å²) in [6.45, 7) is 0. The normalized spacial score (nSPS) is 10.5. The maximum atomic E-state index is 13.0. The van der Waals surface area contributed by atoms with Crippen molar-refractivity contribution in [3.05, 3.63) is 102 Å². The van der Waals surface area contributed by atoms with Crippen LogP contribution in [0.3, 0.4) is 0 Å². The predicted octanol–water partition coefficient (Wildman–Crippen LogP) is 4.56. The van der Waals surface area contributed by atoms with Crippen molar-refractivity contribution in [2.75, 3.05) is 0 Å². The van der Waals surface area contributed by atoms with Gasteiger partial charge in [0.1, 0.15) is 17.5 Å². The number of benzene rings is 3. The Bertz CT molecular complexity index is 728. The molecule has 0 unspecified atom stereocenters. The first-order valence-corrected chi connectivity index (χ1v) is 7.31. The van der Waals surface area contributed by atoms with Gasteiger partial charge in [-0.2, -0.15) is 0 Å². The standard InChI is InChI=1S/C20H15FO2/c21-17-11-13-18(14-12-17)23-20(22)19(15-7-3-1-4-8-15)16-9-5-2-6-10-16/h1-14,19H. The van der Waals surface area contributed by atoms with Gasteiger partial charge in [-0.15, -0.1) is 0 Å². The SMILES string of the molecule is O=C(Oc1ccc(F)cc1)C(c1ccccc1)c1ccccc1. The van der Waals surface area contributed by atoms with Gasteiger partial charge in [-0.05, 0) is 35.4 Å². The molecule has 3 heteroatoms. The molecule has 0 atom stereocenters. The largest absolute Gasteiger partial charge is 0.426 e. The summed E-state index contributed by atoms with van der Waals surface area (Å²) in [6, 6.07) is 24.3. The first kappa shape index (κ1) is 15.0. The first-order chi connectivity index (χ1) is 11.2. The molecule has 3 aromatic carbocycles. The maximum absolute atomic E-state index is 13.0. The highest BCUT2D eigenvalue weighted by Crippen LogP contribution is 2.27. The van der Waals surface area contributed by atoms with Crippen molar-refractivity contribution in [3.63, 3.8) is 0 Å². The van der Waals surface area contributed by atoms with E-state index in [0.29, 0.717) is 5.75 Å². The van der Waals surface area contributed by atoms with Crippen molar-refractivity contribution in [1.82, 2.24) is 0 Å². The summed E-state index contributed by atoms with van der Waals surface area (Å²) in [5, 5.41) is 0. The Kier molecular flexibility index (Phi) is 4.48. The molecule has 0 aliphatic heterocycles. The lowest BCUT2D eigenvalue weighted by Gasteiger charge is -2.16. The summed E-state index contributed by atoms with van der Waals surface area (Å²) in [7, 11) is 0. The zero-order chi connectivity index (χ0) is 16.1. The van der Waals surface area contributed by atoms with Crippen LogP contribution in [0.5, 0.6) is 5.75 Å². The fourth-order valence-electron chi connectivity index (χ4n) is 2.43. The number of hydrogen-bond acceptors (Lipinski definition) is 2. The van der Waals surface area contributed by atoms with E-state index in [9.17, 15) is 9.18 Å². The second kappa shape index (κ2) is 6.88. The molecule has 3 rings (SSSR count). The quantitative estimate of drug-likeness (QED) is 0.521. The van der Waals surface area contributed by atoms with Gasteiger partial charge >= 0.3 is 5.97 Å². The van der Waals surface area contributed by atoms with E-state index < -0.39 is 11.9 Å². The van der Waals surface area contributed by atoms with E-state index in [2.05, 4.69) is 0 Å². The van der Waals surface area contributed by atoms with E-state index >= 15 is 0 Å². The van der Waals surface area contributed by atoms with Gasteiger partial charge in [0.2, 0.25) is 0 Å². The minimum absolute atomic E-state index is 0.327. The molecule has 0 radical (unpaired) electrons. The molecule has 3 aromatic rings. The third-order valence-corrected chi connectivity index (χ3v) is 3.53. The van der Waals surface area contributed by atoms with E-state index in [-0.39, 0.29) is 5.82 Å². The van der Waals surface area contributed by atoms with Crippen molar-refractivity contribution < 1.29 is 13.9 Å². The van der Waals surface area contributed by atoms with Crippen LogP contribution in [0.2, 0.25) is 0 Å². The van der Waals surface area contributed by atoms with Crippen molar-refractivity contribution in [2.24, 2.45) is 0 Å². The maximum Gasteiger partial charge on any atom is 0.323 e. The first-order valence-electron chi connectivity index (χ1n) is 7.31. The number of ether oxygens (including phenoxy) is 1. The number of rotatable bonds is 4. The molecule has 0 N–H and O–H groups in total. The summed E-state index contributed by atoms with van der Waals surface area (Å²) in [5.41, 5.74) is 1.71. The van der Waals surface area contributed by atoms with Gasteiger partial charge in [-0.3, -0.25) is 4.79 Å². The Balaban J connectivity index is 1.92. The van der Waals surface area contributed by atoms with Crippen LogP contribution in [0.15, 0.2) is 84.9 Å². The highest BCUT2D eigenvalue weighted by atomic mass is 19.1. The van der Waals surface area contributed by atoms with Gasteiger partial charge in [0.25, 0.3) is 0 Å². The van der Waals surface area contributed by atoms with Crippen molar-refractivity contribution >= 4 is 5.97 Å². The summed E-state index contributed by atoms with van der Waals surface area (Å²) < 4.78 is 18.4. The summed E-state index contributed by atoms with van der Waals surface area (Å²) in [6.07, 6.45) is 0. The second-order valence-electron chi connectivity index (χ2n) is 5.13. The Morgan fingerprint density at radius 2 is 1.22 bits per heavy atom. The van der Waals surface area contributed by atoms with Crippen LogP contribution in [0, 0.1) is 5.82 Å². The lowest BCUT2D eigenvalue weighted by Crippen LogP contribution is -2.20. The summed E-state index contributed by atoms with van der Waals surface area (Å²) in [4.78, 5) is 12.7. The lowest BCUT2D eigenvalue weighted by molar-refractivity contribution is -0.135. The van der Waals surface area contributed by atoms with Gasteiger partial charge in [0.05, 0.1) is 0 Å². The molecular formula is C20H15FO2. The summed E-state index contributed by atoms with van der Waals surface area (Å²) in [5.74, 6) is -0.961. The lowest BCUT2D eigenvalue weighted by atomic mass is 9.91. The van der Waals surface area contributed by atoms with Crippen molar-refractivity contribution in [2.45, 2.75) is 5.92 Å². The fourth-order valence-corrected chi connectivity index (χ4v) is 2.43. The van der Waals surface area contributed by atoms with Crippen molar-refractivity contribution in [3.8, 4) is 5.75 Å². The van der Waals surface area contributed by atoms with Crippen LogP contribution >= 0.6 is 0 Å². The molecule has 2 nitrogen and oxygen atoms in total. The molecule has 0 saturated heterocycles. The molecule has 0 saturated carbocycles. The van der Waals surface area contributed by atoms with Crippen molar-refractivity contribution in [1.29, 1.82) is 0 Å². The molecule has 0 aliphatic carbocycles. The molecule has 0 heterocycles. The minimum Gasteiger partial charge on any atom is -0.426 e. The van der Waals surface area contributed by atoms with E-state index in [1.54, 1.807) is 0 Å². The summed E-state index contributed by atoms with van der Waals surface area (Å²) >= 11 is 0. The molecule has 0 spiro atoms. The molecule has 0 aliphatic rings. The number of halogens is 1. The highest BCUT2D eigenvalue weighted by Gasteiger charge is 2.24. The molecular weight excluding hydrogens is 291 g/mol. The zero-order valence-electron chi connectivity index (χ0n) is 12.4. The molecule has 0 amide bonds. The average Bonchev–Trinajstić information content (AvgIpc) is 2.59.